The fourth-order valence-electron chi connectivity index (χ4n) is 0. The van der Waals surface area contributed by atoms with Crippen molar-refractivity contribution in [2.45, 2.75) is 0 Å². The molecule has 0 aromatic heterocycles. The van der Waals surface area contributed by atoms with Gasteiger partial charge in [0.1, 0.15) is 0 Å². The fraction of sp³-hybridized carbons (Fsp3) is 0. The molecule has 0 amide bonds. The van der Waals surface area contributed by atoms with Gasteiger partial charge in [-0.15, -0.1) is 0 Å². The molecular weight excluding hydrogens is 196 g/mol. The molecule has 14 N–H and O–H groups in total. The predicted octanol–water partition coefficient (Wildman–Crippen LogP) is -6.95. The molecule has 0 aliphatic rings. The number of hydrogen-bond acceptors (Lipinski definition) is 2. The summed E-state index contributed by atoms with van der Waals surface area (Å²) in [6.07, 6.45) is 0. The van der Waals surface area contributed by atoms with Crippen molar-refractivity contribution in [3.63, 3.8) is 0 Å². The monoisotopic (exact) mass is 211 g/mol. The Hall–Kier alpha value is 0.910. The molecule has 0 aromatic carbocycles. The largest absolute Gasteiger partial charge is 1.00 e. The summed E-state index contributed by atoms with van der Waals surface area (Å²) in [5.41, 5.74) is 0. The van der Waals surface area contributed by atoms with E-state index in [9.17, 15) is 0 Å². The van der Waals surface area contributed by atoms with Crippen LogP contribution in [0.5, 0.6) is 0 Å². The average Bonchev–Trinajstić information content (AvgIpc) is 0.722. The number of phosphoric acid groups is 1. The first-order valence-electron chi connectivity index (χ1n) is 0.783. The second-order valence-electron chi connectivity index (χ2n) is 0.513. The van der Waals surface area contributed by atoms with E-state index in [2.05, 4.69) is 0 Å². The van der Waals surface area contributed by atoms with Gasteiger partial charge in [0.2, 0.25) is 0 Å². The van der Waals surface area contributed by atoms with Crippen molar-refractivity contribution < 1.29 is 72.1 Å². The van der Waals surface area contributed by atoms with Crippen molar-refractivity contribution in [3.05, 3.63) is 0 Å². The summed E-state index contributed by atoms with van der Waals surface area (Å²) in [7, 11) is -4.64. The first-order valence-corrected chi connectivity index (χ1v) is 2.35. The summed E-state index contributed by atoms with van der Waals surface area (Å²) >= 11 is 0. The summed E-state index contributed by atoms with van der Waals surface area (Å²) in [4.78, 5) is 21.6. The van der Waals surface area contributed by atoms with Crippen LogP contribution in [0.2, 0.25) is 0 Å². The SMILES string of the molecule is N.O.O.O.O.O=P(O)(O)O.[H-].[Na+]. The minimum Gasteiger partial charge on any atom is -1.00 e. The molecule has 0 aliphatic carbocycles. The van der Waals surface area contributed by atoms with Gasteiger partial charge in [-0.2, -0.15) is 0 Å². The Morgan fingerprint density at radius 1 is 0.909 bits per heavy atom. The molecule has 0 saturated heterocycles. The Bertz CT molecular complexity index is 65.2. The quantitative estimate of drug-likeness (QED) is 0.224. The van der Waals surface area contributed by atoms with E-state index in [4.69, 9.17) is 19.2 Å². The minimum atomic E-state index is -4.64. The Labute approximate surface area is 86.3 Å². The molecule has 0 unspecified atom stereocenters. The molecule has 0 saturated carbocycles. The molecule has 0 heterocycles. The van der Waals surface area contributed by atoms with Crippen LogP contribution in [0.15, 0.2) is 0 Å². The van der Waals surface area contributed by atoms with Crippen LogP contribution in [0.3, 0.4) is 0 Å². The van der Waals surface area contributed by atoms with Crippen LogP contribution in [-0.4, -0.2) is 36.6 Å². The van der Waals surface area contributed by atoms with Crippen LogP contribution in [-0.2, 0) is 4.57 Å². The third-order valence-electron chi connectivity index (χ3n) is 0. The van der Waals surface area contributed by atoms with Crippen LogP contribution in [0.1, 0.15) is 1.43 Å². The van der Waals surface area contributed by atoms with E-state index >= 15 is 0 Å². The van der Waals surface area contributed by atoms with Gasteiger partial charge in [0.15, 0.2) is 0 Å². The van der Waals surface area contributed by atoms with Crippen LogP contribution >= 0.6 is 7.82 Å². The maximum Gasteiger partial charge on any atom is 1.00 e. The van der Waals surface area contributed by atoms with Crippen LogP contribution in [0, 0.1) is 0 Å². The van der Waals surface area contributed by atoms with Gasteiger partial charge in [0.25, 0.3) is 0 Å². The van der Waals surface area contributed by atoms with Crippen molar-refractivity contribution in [2.75, 3.05) is 0 Å². The van der Waals surface area contributed by atoms with Crippen molar-refractivity contribution in [3.8, 4) is 0 Å². The Balaban J connectivity index is -0.00000000381. The molecular formula is H15NNaO8P. The molecule has 0 aromatic rings. The standard InChI is InChI=1S/H3N.Na.H3O4P.4H2O.H/c;;1-5(2,3)4;;;;;/h1H3;;(H3,1,2,3,4);4*1H2;/q;+1;;;;;;-1. The maximum atomic E-state index is 8.88. The van der Waals surface area contributed by atoms with Crippen LogP contribution in [0.4, 0.5) is 0 Å². The molecule has 74 valence electrons. The number of rotatable bonds is 0. The summed E-state index contributed by atoms with van der Waals surface area (Å²) in [5.74, 6) is 0. The van der Waals surface area contributed by atoms with Gasteiger partial charge in [-0.1, -0.05) is 0 Å². The van der Waals surface area contributed by atoms with E-state index < -0.39 is 7.82 Å². The van der Waals surface area contributed by atoms with Gasteiger partial charge in [0.05, 0.1) is 0 Å². The summed E-state index contributed by atoms with van der Waals surface area (Å²) in [6, 6.07) is 0. The third-order valence-corrected chi connectivity index (χ3v) is 0. The molecule has 0 radical (unpaired) electrons. The molecule has 0 rings (SSSR count). The van der Waals surface area contributed by atoms with Crippen molar-refractivity contribution >= 4 is 7.82 Å². The Morgan fingerprint density at radius 2 is 0.909 bits per heavy atom. The summed E-state index contributed by atoms with van der Waals surface area (Å²) in [5, 5.41) is 0. The topological polar surface area (TPSA) is 239 Å². The molecule has 11 heteroatoms. The van der Waals surface area contributed by atoms with Gasteiger partial charge < -0.3 is 44.2 Å². The van der Waals surface area contributed by atoms with Gasteiger partial charge in [-0.25, -0.2) is 4.57 Å². The van der Waals surface area contributed by atoms with E-state index in [1.54, 1.807) is 0 Å². The molecule has 0 spiro atoms. The van der Waals surface area contributed by atoms with Crippen LogP contribution < -0.4 is 35.7 Å². The Morgan fingerprint density at radius 3 is 0.909 bits per heavy atom. The first kappa shape index (κ1) is 58.8. The van der Waals surface area contributed by atoms with Crippen molar-refractivity contribution in [2.24, 2.45) is 0 Å². The summed E-state index contributed by atoms with van der Waals surface area (Å²) in [6.45, 7) is 0. The Kier molecular flexibility index (Phi) is 120. The average molecular weight is 211 g/mol. The smallest absolute Gasteiger partial charge is 1.00 e. The molecule has 9 nitrogen and oxygen atoms in total. The second-order valence-corrected chi connectivity index (χ2v) is 1.54. The van der Waals surface area contributed by atoms with E-state index in [-0.39, 0.29) is 59.0 Å². The molecule has 0 atom stereocenters. The van der Waals surface area contributed by atoms with Gasteiger partial charge in [0, 0.05) is 0 Å². The zero-order valence-electron chi connectivity index (χ0n) is 6.90. The van der Waals surface area contributed by atoms with E-state index in [0.29, 0.717) is 0 Å². The predicted molar refractivity (Wildman–Crippen MR) is 34.9 cm³/mol. The fourth-order valence-corrected chi connectivity index (χ4v) is 0. The van der Waals surface area contributed by atoms with Gasteiger partial charge in [-0.3, -0.25) is 0 Å². The zero-order valence-corrected chi connectivity index (χ0v) is 8.80. The molecule has 0 fully saturated rings. The maximum absolute atomic E-state index is 8.88. The third kappa shape index (κ3) is 1050. The molecule has 0 bridgehead atoms. The van der Waals surface area contributed by atoms with Gasteiger partial charge in [-0.05, 0) is 0 Å². The number of hydrogen-bond donors (Lipinski definition) is 4. The minimum absolute atomic E-state index is 0. The molecule has 11 heavy (non-hydrogen) atoms. The van der Waals surface area contributed by atoms with Gasteiger partial charge >= 0.3 is 37.4 Å². The van der Waals surface area contributed by atoms with Crippen LogP contribution in [0.25, 0.3) is 0 Å². The normalized spacial score (nSPS) is 5.36. The van der Waals surface area contributed by atoms with Crippen molar-refractivity contribution in [1.82, 2.24) is 6.15 Å². The van der Waals surface area contributed by atoms with E-state index in [0.717, 1.165) is 0 Å². The molecule has 0 aliphatic heterocycles. The second kappa shape index (κ2) is 22.4. The van der Waals surface area contributed by atoms with E-state index in [1.165, 1.54) is 0 Å². The summed E-state index contributed by atoms with van der Waals surface area (Å²) < 4.78 is 8.88. The zero-order chi connectivity index (χ0) is 4.50. The first-order chi connectivity index (χ1) is 2.00. The van der Waals surface area contributed by atoms with Crippen molar-refractivity contribution in [1.29, 1.82) is 0 Å². The van der Waals surface area contributed by atoms with E-state index in [1.807, 2.05) is 0 Å².